The average molecular weight is 307 g/mol. The number of benzene rings is 3. The van der Waals surface area contributed by atoms with Crippen LogP contribution >= 0.6 is 0 Å². The molecular formula is C18H13NO4. The maximum Gasteiger partial charge on any atom is 0.283 e. The number of nitro benzene ring substituents is 1. The van der Waals surface area contributed by atoms with Crippen molar-refractivity contribution in [3.63, 3.8) is 0 Å². The minimum atomic E-state index is -1.33. The molecular weight excluding hydrogens is 294 g/mol. The summed E-state index contributed by atoms with van der Waals surface area (Å²) < 4.78 is 0. The Morgan fingerprint density at radius 3 is 2.39 bits per heavy atom. The quantitative estimate of drug-likeness (QED) is 0.532. The molecule has 5 heteroatoms. The Balaban J connectivity index is 2.20. The number of fused-ring (bicyclic) bond motifs is 4. The van der Waals surface area contributed by atoms with E-state index in [4.69, 9.17) is 0 Å². The lowest BCUT2D eigenvalue weighted by Gasteiger charge is -2.29. The lowest BCUT2D eigenvalue weighted by atomic mass is 9.80. The highest BCUT2D eigenvalue weighted by molar-refractivity contribution is 5.98. The van der Waals surface area contributed by atoms with E-state index in [1.807, 2.05) is 30.3 Å². The largest absolute Gasteiger partial charge is 0.385 e. The minimum Gasteiger partial charge on any atom is -0.385 e. The Kier molecular flexibility index (Phi) is 2.94. The predicted molar refractivity (Wildman–Crippen MR) is 86.0 cm³/mol. The van der Waals surface area contributed by atoms with Gasteiger partial charge in [0.2, 0.25) is 0 Å². The van der Waals surface area contributed by atoms with Crippen LogP contribution in [0, 0.1) is 10.1 Å². The van der Waals surface area contributed by atoms with Gasteiger partial charge < -0.3 is 10.2 Å². The summed E-state index contributed by atoms with van der Waals surface area (Å²) in [5.41, 5.74) is 1.94. The first-order valence-electron chi connectivity index (χ1n) is 7.25. The van der Waals surface area contributed by atoms with Crippen molar-refractivity contribution < 1.29 is 15.1 Å². The van der Waals surface area contributed by atoms with Crippen LogP contribution in [0.1, 0.15) is 23.3 Å². The smallest absolute Gasteiger partial charge is 0.283 e. The van der Waals surface area contributed by atoms with E-state index in [2.05, 4.69) is 0 Å². The molecule has 0 fully saturated rings. The fourth-order valence-electron chi connectivity index (χ4n) is 3.39. The van der Waals surface area contributed by atoms with Crippen LogP contribution in [0.4, 0.5) is 5.69 Å². The van der Waals surface area contributed by atoms with Crippen LogP contribution in [-0.2, 0) is 0 Å². The van der Waals surface area contributed by atoms with E-state index < -0.39 is 17.1 Å². The molecule has 0 amide bonds. The normalized spacial score (nSPS) is 19.2. The van der Waals surface area contributed by atoms with Crippen molar-refractivity contribution in [2.45, 2.75) is 12.2 Å². The molecule has 4 rings (SSSR count). The lowest BCUT2D eigenvalue weighted by molar-refractivity contribution is -0.384. The molecule has 1 aliphatic carbocycles. The van der Waals surface area contributed by atoms with Crippen LogP contribution in [0.5, 0.6) is 0 Å². The van der Waals surface area contributed by atoms with E-state index in [0.717, 1.165) is 5.39 Å². The van der Waals surface area contributed by atoms with Crippen molar-refractivity contribution in [2.75, 3.05) is 0 Å². The molecule has 1 aliphatic rings. The molecule has 5 nitrogen and oxygen atoms in total. The molecule has 0 unspecified atom stereocenters. The standard InChI is InChI=1S/C18H13NO4/c20-17-13-8-4-3-7-12(13)14-9-10-5-1-2-6-11(10)16(19(22)23)15(14)18(17)21/h1-9,17-18,20-21H/t17-,18+/m1/s1. The van der Waals surface area contributed by atoms with Gasteiger partial charge in [0.25, 0.3) is 5.69 Å². The Morgan fingerprint density at radius 1 is 0.913 bits per heavy atom. The third kappa shape index (κ3) is 1.87. The van der Waals surface area contributed by atoms with Crippen LogP contribution in [0.15, 0.2) is 54.6 Å². The minimum absolute atomic E-state index is 0.140. The van der Waals surface area contributed by atoms with Crippen molar-refractivity contribution >= 4 is 16.5 Å². The molecule has 0 aliphatic heterocycles. The molecule has 23 heavy (non-hydrogen) atoms. The summed E-state index contributed by atoms with van der Waals surface area (Å²) in [4.78, 5) is 11.2. The Labute approximate surface area is 131 Å². The van der Waals surface area contributed by atoms with Crippen LogP contribution in [0.3, 0.4) is 0 Å². The van der Waals surface area contributed by atoms with E-state index in [1.54, 1.807) is 24.3 Å². The third-order valence-electron chi connectivity index (χ3n) is 4.41. The number of nitro groups is 1. The molecule has 0 saturated carbocycles. The Morgan fingerprint density at radius 2 is 1.61 bits per heavy atom. The van der Waals surface area contributed by atoms with E-state index in [1.165, 1.54) is 0 Å². The Hall–Kier alpha value is -2.76. The molecule has 0 spiro atoms. The number of nitrogens with zero attached hydrogens (tertiary/aromatic N) is 1. The van der Waals surface area contributed by atoms with Crippen molar-refractivity contribution in [1.29, 1.82) is 0 Å². The number of aliphatic hydroxyl groups is 2. The summed E-state index contributed by atoms with van der Waals surface area (Å²) >= 11 is 0. The monoisotopic (exact) mass is 307 g/mol. The van der Waals surface area contributed by atoms with E-state index >= 15 is 0 Å². The maximum absolute atomic E-state index is 11.7. The topological polar surface area (TPSA) is 83.6 Å². The van der Waals surface area contributed by atoms with Gasteiger partial charge in [-0.2, -0.15) is 0 Å². The summed E-state index contributed by atoms with van der Waals surface area (Å²) in [6, 6.07) is 16.0. The van der Waals surface area contributed by atoms with Crippen LogP contribution in [0.2, 0.25) is 0 Å². The molecule has 2 atom stereocenters. The van der Waals surface area contributed by atoms with Gasteiger partial charge in [0.15, 0.2) is 0 Å². The first-order chi connectivity index (χ1) is 11.1. The molecule has 3 aromatic rings. The Bertz CT molecular complexity index is 951. The second-order valence-electron chi connectivity index (χ2n) is 5.64. The van der Waals surface area contributed by atoms with Gasteiger partial charge in [-0.1, -0.05) is 42.5 Å². The molecule has 0 saturated heterocycles. The highest BCUT2D eigenvalue weighted by atomic mass is 16.6. The van der Waals surface area contributed by atoms with Gasteiger partial charge in [0.05, 0.1) is 15.9 Å². The summed E-state index contributed by atoms with van der Waals surface area (Å²) in [5, 5.41) is 33.8. The maximum atomic E-state index is 11.7. The number of hydrogen-bond donors (Lipinski definition) is 2. The van der Waals surface area contributed by atoms with Crippen LogP contribution in [0.25, 0.3) is 21.9 Å². The fourth-order valence-corrected chi connectivity index (χ4v) is 3.39. The summed E-state index contributed by atoms with van der Waals surface area (Å²) in [6.45, 7) is 0. The first-order valence-corrected chi connectivity index (χ1v) is 7.25. The molecule has 114 valence electrons. The van der Waals surface area contributed by atoms with Gasteiger partial charge in [-0.3, -0.25) is 10.1 Å². The summed E-state index contributed by atoms with van der Waals surface area (Å²) in [7, 11) is 0. The zero-order valence-corrected chi connectivity index (χ0v) is 12.0. The summed E-state index contributed by atoms with van der Waals surface area (Å²) in [6.07, 6.45) is -2.51. The first kappa shape index (κ1) is 13.9. The molecule has 3 aromatic carbocycles. The molecule has 0 bridgehead atoms. The lowest BCUT2D eigenvalue weighted by Crippen LogP contribution is -2.18. The number of aliphatic hydroxyl groups excluding tert-OH is 2. The van der Waals surface area contributed by atoms with E-state index in [9.17, 15) is 20.3 Å². The highest BCUT2D eigenvalue weighted by Gasteiger charge is 2.37. The second-order valence-corrected chi connectivity index (χ2v) is 5.64. The number of hydrogen-bond acceptors (Lipinski definition) is 4. The van der Waals surface area contributed by atoms with Crippen molar-refractivity contribution in [3.8, 4) is 11.1 Å². The molecule has 0 aromatic heterocycles. The third-order valence-corrected chi connectivity index (χ3v) is 4.41. The van der Waals surface area contributed by atoms with Gasteiger partial charge in [-0.05, 0) is 34.2 Å². The second kappa shape index (κ2) is 4.87. The van der Waals surface area contributed by atoms with Gasteiger partial charge >= 0.3 is 0 Å². The SMILES string of the molecule is O=[N+]([O-])c1c2c(cc3ccccc13)-c1ccccc1[C@@H](O)[C@H]2O. The van der Waals surface area contributed by atoms with Gasteiger partial charge in [0, 0.05) is 0 Å². The molecule has 0 heterocycles. The van der Waals surface area contributed by atoms with Gasteiger partial charge in [-0.15, -0.1) is 0 Å². The van der Waals surface area contributed by atoms with Crippen LogP contribution in [-0.4, -0.2) is 15.1 Å². The zero-order valence-electron chi connectivity index (χ0n) is 12.0. The molecule has 0 radical (unpaired) electrons. The predicted octanol–water partition coefficient (Wildman–Crippen LogP) is 3.50. The van der Waals surface area contributed by atoms with Crippen molar-refractivity contribution in [3.05, 3.63) is 75.8 Å². The van der Waals surface area contributed by atoms with Crippen molar-refractivity contribution in [2.24, 2.45) is 0 Å². The van der Waals surface area contributed by atoms with Gasteiger partial charge in [0.1, 0.15) is 12.2 Å². The molecule has 2 N–H and O–H groups in total. The fraction of sp³-hybridized carbons (Fsp3) is 0.111. The highest BCUT2D eigenvalue weighted by Crippen LogP contribution is 2.50. The average Bonchev–Trinajstić information content (AvgIpc) is 2.57. The van der Waals surface area contributed by atoms with Crippen LogP contribution < -0.4 is 0 Å². The summed E-state index contributed by atoms with van der Waals surface area (Å²) in [5.74, 6) is 0. The van der Waals surface area contributed by atoms with Crippen molar-refractivity contribution in [1.82, 2.24) is 0 Å². The zero-order chi connectivity index (χ0) is 16.1. The van der Waals surface area contributed by atoms with E-state index in [-0.39, 0.29) is 11.3 Å². The number of rotatable bonds is 1. The van der Waals surface area contributed by atoms with Gasteiger partial charge in [-0.25, -0.2) is 0 Å². The van der Waals surface area contributed by atoms with E-state index in [0.29, 0.717) is 22.1 Å².